The number of β-amino-alcohol motifs (C(OH)–C–C–N with tert-alkyl or cyclic N) is 1. The van der Waals surface area contributed by atoms with Gasteiger partial charge >= 0.3 is 6.18 Å². The van der Waals surface area contributed by atoms with Crippen molar-refractivity contribution in [3.63, 3.8) is 0 Å². The molecule has 1 N–H and O–H groups in total. The summed E-state index contributed by atoms with van der Waals surface area (Å²) in [7, 11) is 0. The zero-order valence-electron chi connectivity index (χ0n) is 12.8. The third-order valence-corrected chi connectivity index (χ3v) is 4.57. The molecular weight excluding hydrogens is 309 g/mol. The number of benzene rings is 1. The van der Waals surface area contributed by atoms with Gasteiger partial charge in [-0.05, 0) is 11.6 Å². The SMILES string of the molecule is O[C@H]1CN(Cc2ccccc2C(F)(F)F)C[C@@H]1N1CCOCC1. The summed E-state index contributed by atoms with van der Waals surface area (Å²) in [6, 6.07) is 5.62. The first kappa shape index (κ1) is 16.7. The van der Waals surface area contributed by atoms with E-state index in [-0.39, 0.29) is 18.2 Å². The highest BCUT2D eigenvalue weighted by Gasteiger charge is 2.38. The molecule has 0 aromatic heterocycles. The standard InChI is InChI=1S/C16H21F3N2O2/c17-16(18,19)13-4-2-1-3-12(13)9-20-10-14(15(22)11-20)21-5-7-23-8-6-21/h1-4,14-15,22H,5-11H2/t14-,15-/m0/s1. The highest BCUT2D eigenvalue weighted by Crippen LogP contribution is 2.33. The van der Waals surface area contributed by atoms with Crippen molar-refractivity contribution in [1.29, 1.82) is 0 Å². The fourth-order valence-electron chi connectivity index (χ4n) is 3.42. The van der Waals surface area contributed by atoms with Crippen LogP contribution in [0.1, 0.15) is 11.1 Å². The van der Waals surface area contributed by atoms with E-state index in [0.29, 0.717) is 26.3 Å². The maximum absolute atomic E-state index is 13.1. The topological polar surface area (TPSA) is 35.9 Å². The van der Waals surface area contributed by atoms with Crippen LogP contribution in [0.5, 0.6) is 0 Å². The molecule has 4 nitrogen and oxygen atoms in total. The normalized spacial score (nSPS) is 27.5. The lowest BCUT2D eigenvalue weighted by Crippen LogP contribution is -2.48. The average molecular weight is 330 g/mol. The third-order valence-electron chi connectivity index (χ3n) is 4.57. The molecule has 0 saturated carbocycles. The highest BCUT2D eigenvalue weighted by molar-refractivity contribution is 5.29. The van der Waals surface area contributed by atoms with Crippen LogP contribution in [0.25, 0.3) is 0 Å². The number of hydrogen-bond donors (Lipinski definition) is 1. The van der Waals surface area contributed by atoms with Crippen LogP contribution in [-0.4, -0.2) is 66.4 Å². The van der Waals surface area contributed by atoms with E-state index in [1.807, 2.05) is 4.90 Å². The van der Waals surface area contributed by atoms with Gasteiger partial charge in [0.05, 0.1) is 24.9 Å². The van der Waals surface area contributed by atoms with E-state index in [4.69, 9.17) is 4.74 Å². The zero-order chi connectivity index (χ0) is 16.4. The molecule has 2 aliphatic rings. The lowest BCUT2D eigenvalue weighted by molar-refractivity contribution is -0.138. The van der Waals surface area contributed by atoms with Gasteiger partial charge in [0, 0.05) is 38.8 Å². The molecule has 0 unspecified atom stereocenters. The molecule has 0 bridgehead atoms. The first-order valence-electron chi connectivity index (χ1n) is 7.82. The molecule has 2 saturated heterocycles. The lowest BCUT2D eigenvalue weighted by atomic mass is 10.1. The van der Waals surface area contributed by atoms with Crippen molar-refractivity contribution in [1.82, 2.24) is 9.80 Å². The van der Waals surface area contributed by atoms with Gasteiger partial charge in [-0.2, -0.15) is 13.2 Å². The fraction of sp³-hybridized carbons (Fsp3) is 0.625. The van der Waals surface area contributed by atoms with Crippen LogP contribution < -0.4 is 0 Å². The Morgan fingerprint density at radius 1 is 1.13 bits per heavy atom. The molecule has 23 heavy (non-hydrogen) atoms. The summed E-state index contributed by atoms with van der Waals surface area (Å²) >= 11 is 0. The van der Waals surface area contributed by atoms with Crippen LogP contribution >= 0.6 is 0 Å². The van der Waals surface area contributed by atoms with E-state index in [9.17, 15) is 18.3 Å². The Hall–Kier alpha value is -1.15. The molecule has 1 aromatic carbocycles. The van der Waals surface area contributed by atoms with Gasteiger partial charge in [0.15, 0.2) is 0 Å². The van der Waals surface area contributed by atoms with Gasteiger partial charge in [0.25, 0.3) is 0 Å². The van der Waals surface area contributed by atoms with E-state index in [2.05, 4.69) is 4.90 Å². The Kier molecular flexibility index (Phi) is 4.91. The van der Waals surface area contributed by atoms with E-state index >= 15 is 0 Å². The molecule has 1 aromatic rings. The van der Waals surface area contributed by atoms with Crippen LogP contribution in [0, 0.1) is 0 Å². The minimum atomic E-state index is -4.35. The molecule has 3 rings (SSSR count). The van der Waals surface area contributed by atoms with Crippen molar-refractivity contribution >= 4 is 0 Å². The van der Waals surface area contributed by atoms with Crippen LogP contribution in [0.4, 0.5) is 13.2 Å². The molecule has 0 spiro atoms. The first-order valence-corrected chi connectivity index (χ1v) is 7.82. The molecule has 0 amide bonds. The minimum Gasteiger partial charge on any atom is -0.390 e. The van der Waals surface area contributed by atoms with Crippen LogP contribution in [0.15, 0.2) is 24.3 Å². The van der Waals surface area contributed by atoms with Crippen LogP contribution in [0.3, 0.4) is 0 Å². The predicted octanol–water partition coefficient (Wildman–Crippen LogP) is 1.58. The summed E-state index contributed by atoms with van der Waals surface area (Å²) < 4.78 is 44.5. The quantitative estimate of drug-likeness (QED) is 0.913. The van der Waals surface area contributed by atoms with Crippen LogP contribution in [-0.2, 0) is 17.5 Å². The average Bonchev–Trinajstić information content (AvgIpc) is 2.88. The largest absolute Gasteiger partial charge is 0.416 e. The van der Waals surface area contributed by atoms with Crippen molar-refractivity contribution in [2.45, 2.75) is 24.9 Å². The molecule has 7 heteroatoms. The maximum atomic E-state index is 13.1. The summed E-state index contributed by atoms with van der Waals surface area (Å²) in [4.78, 5) is 4.07. The Balaban J connectivity index is 1.68. The first-order chi connectivity index (χ1) is 10.9. The summed E-state index contributed by atoms with van der Waals surface area (Å²) in [5.74, 6) is 0. The Morgan fingerprint density at radius 3 is 2.52 bits per heavy atom. The highest BCUT2D eigenvalue weighted by atomic mass is 19.4. The number of morpholine rings is 1. The van der Waals surface area contributed by atoms with Crippen molar-refractivity contribution in [3.05, 3.63) is 35.4 Å². The number of likely N-dealkylation sites (tertiary alicyclic amines) is 1. The summed E-state index contributed by atoms with van der Waals surface area (Å²) in [5, 5.41) is 10.3. The number of aliphatic hydroxyl groups excluding tert-OH is 1. The summed E-state index contributed by atoms with van der Waals surface area (Å²) in [6.07, 6.45) is -4.88. The third kappa shape index (κ3) is 3.85. The molecule has 2 atom stereocenters. The Labute approximate surface area is 133 Å². The lowest BCUT2D eigenvalue weighted by Gasteiger charge is -2.33. The number of aliphatic hydroxyl groups is 1. The van der Waals surface area contributed by atoms with Crippen molar-refractivity contribution in [3.8, 4) is 0 Å². The van der Waals surface area contributed by atoms with Crippen molar-refractivity contribution in [2.75, 3.05) is 39.4 Å². The van der Waals surface area contributed by atoms with E-state index < -0.39 is 17.8 Å². The smallest absolute Gasteiger partial charge is 0.390 e. The van der Waals surface area contributed by atoms with Crippen molar-refractivity contribution < 1.29 is 23.0 Å². The molecule has 2 fully saturated rings. The Bertz CT molecular complexity index is 532. The number of halogens is 3. The van der Waals surface area contributed by atoms with Gasteiger partial charge < -0.3 is 9.84 Å². The second-order valence-electron chi connectivity index (χ2n) is 6.13. The van der Waals surface area contributed by atoms with Crippen LogP contribution in [0.2, 0.25) is 0 Å². The summed E-state index contributed by atoms with van der Waals surface area (Å²) in [5.41, 5.74) is -0.334. The number of nitrogens with zero attached hydrogens (tertiary/aromatic N) is 2. The number of ether oxygens (including phenoxy) is 1. The Morgan fingerprint density at radius 2 is 1.83 bits per heavy atom. The molecule has 128 valence electrons. The van der Waals surface area contributed by atoms with Gasteiger partial charge in [0.1, 0.15) is 0 Å². The van der Waals surface area contributed by atoms with Gasteiger partial charge in [-0.1, -0.05) is 18.2 Å². The van der Waals surface area contributed by atoms with Crippen molar-refractivity contribution in [2.24, 2.45) is 0 Å². The molecule has 2 aliphatic heterocycles. The fourth-order valence-corrected chi connectivity index (χ4v) is 3.42. The summed E-state index contributed by atoms with van der Waals surface area (Å²) in [6.45, 7) is 3.97. The molecular formula is C16H21F3N2O2. The van der Waals surface area contributed by atoms with Gasteiger partial charge in [0.2, 0.25) is 0 Å². The van der Waals surface area contributed by atoms with Gasteiger partial charge in [-0.15, -0.1) is 0 Å². The maximum Gasteiger partial charge on any atom is 0.416 e. The number of hydrogen-bond acceptors (Lipinski definition) is 4. The molecule has 0 aliphatic carbocycles. The van der Waals surface area contributed by atoms with Gasteiger partial charge in [-0.25, -0.2) is 0 Å². The molecule has 0 radical (unpaired) electrons. The second kappa shape index (κ2) is 6.76. The number of alkyl halides is 3. The second-order valence-corrected chi connectivity index (χ2v) is 6.13. The zero-order valence-corrected chi connectivity index (χ0v) is 12.8. The monoisotopic (exact) mass is 330 g/mol. The van der Waals surface area contributed by atoms with E-state index in [0.717, 1.165) is 19.2 Å². The predicted molar refractivity (Wildman–Crippen MR) is 78.9 cm³/mol. The molecule has 2 heterocycles. The van der Waals surface area contributed by atoms with E-state index in [1.54, 1.807) is 6.07 Å². The minimum absolute atomic E-state index is 0.0306. The van der Waals surface area contributed by atoms with Gasteiger partial charge in [-0.3, -0.25) is 9.80 Å². The van der Waals surface area contributed by atoms with E-state index in [1.165, 1.54) is 12.1 Å². The number of rotatable bonds is 3.